The second-order valence-corrected chi connectivity index (χ2v) is 6.60. The maximum Gasteiger partial charge on any atom is 0.410 e. The van der Waals surface area contributed by atoms with Crippen LogP contribution in [-0.2, 0) is 9.53 Å². The highest BCUT2D eigenvalue weighted by atomic mass is 19.1. The quantitative estimate of drug-likeness (QED) is 0.797. The summed E-state index contributed by atoms with van der Waals surface area (Å²) >= 11 is 0. The molecule has 2 aromatic carbocycles. The Kier molecular flexibility index (Phi) is 5.74. The van der Waals surface area contributed by atoms with Crippen LogP contribution in [0.15, 0.2) is 48.5 Å². The summed E-state index contributed by atoms with van der Waals surface area (Å²) in [7, 11) is 1.37. The van der Waals surface area contributed by atoms with E-state index in [0.717, 1.165) is 27.2 Å². The molecule has 0 aromatic heterocycles. The molecule has 1 aliphatic rings. The van der Waals surface area contributed by atoms with Gasteiger partial charge in [-0.1, -0.05) is 48.5 Å². The summed E-state index contributed by atoms with van der Waals surface area (Å²) in [5.74, 6) is -1.26. The number of ether oxygens (including phenoxy) is 1. The fraction of sp³-hybridized carbons (Fsp3) is 0.333. The van der Waals surface area contributed by atoms with Crippen molar-refractivity contribution in [1.82, 2.24) is 4.90 Å². The number of aliphatic carboxylic acids is 1. The van der Waals surface area contributed by atoms with Crippen LogP contribution in [0.5, 0.6) is 0 Å². The van der Waals surface area contributed by atoms with Crippen molar-refractivity contribution in [3.63, 3.8) is 0 Å². The zero-order valence-electron chi connectivity index (χ0n) is 15.1. The van der Waals surface area contributed by atoms with E-state index in [0.29, 0.717) is 0 Å². The van der Waals surface area contributed by atoms with Gasteiger partial charge in [-0.25, -0.2) is 9.59 Å². The van der Waals surface area contributed by atoms with Gasteiger partial charge in [0.05, 0.1) is 6.67 Å². The van der Waals surface area contributed by atoms with E-state index >= 15 is 0 Å². The Morgan fingerprint density at radius 3 is 2.19 bits per heavy atom. The number of carboxylic acid groups (broad SMARTS) is 1. The van der Waals surface area contributed by atoms with Gasteiger partial charge in [0.1, 0.15) is 12.6 Å². The summed E-state index contributed by atoms with van der Waals surface area (Å²) in [6.07, 6.45) is -0.590. The summed E-state index contributed by atoms with van der Waals surface area (Å²) in [6, 6.07) is 14.8. The smallest absolute Gasteiger partial charge is 0.410 e. The zero-order chi connectivity index (χ0) is 19.4. The van der Waals surface area contributed by atoms with Crippen molar-refractivity contribution in [2.75, 3.05) is 20.3 Å². The maximum atomic E-state index is 12.4. The zero-order valence-corrected chi connectivity index (χ0v) is 15.1. The van der Waals surface area contributed by atoms with E-state index in [1.807, 2.05) is 48.5 Å². The molecule has 0 fully saturated rings. The number of likely N-dealkylation sites (N-methyl/N-ethyl adjacent to an activating group) is 1. The molecular weight excluding hydrogens is 349 g/mol. The molecule has 0 aliphatic heterocycles. The molecule has 5 nitrogen and oxygen atoms in total. The Hall–Kier alpha value is -2.89. The molecule has 2 aromatic rings. The van der Waals surface area contributed by atoms with Gasteiger partial charge < -0.3 is 9.84 Å². The lowest BCUT2D eigenvalue weighted by Crippen LogP contribution is -2.43. The Balaban J connectivity index is 1.73. The Morgan fingerprint density at radius 2 is 1.67 bits per heavy atom. The number of carbonyl (C=O) groups is 2. The van der Waals surface area contributed by atoms with Crippen LogP contribution in [-0.4, -0.2) is 48.4 Å². The Bertz CT molecular complexity index is 793. The monoisotopic (exact) mass is 371 g/mol. The highest BCUT2D eigenvalue weighted by molar-refractivity contribution is 5.81. The normalized spacial score (nSPS) is 13.6. The fourth-order valence-corrected chi connectivity index (χ4v) is 3.58. The van der Waals surface area contributed by atoms with Gasteiger partial charge in [-0.2, -0.15) is 0 Å². The number of amides is 1. The second kappa shape index (κ2) is 8.20. The minimum absolute atomic E-state index is 0.0481. The largest absolute Gasteiger partial charge is 0.480 e. The molecule has 6 heteroatoms. The standard InChI is InChI=1S/C21H22FNO4/c1-23(19(20(24)25)11-6-12-22)21(26)27-13-18-16-9-4-2-7-14(16)15-8-3-5-10-17(15)18/h2-5,7-10,18-19H,6,11-13H2,1H3,(H,24,25). The number of hydrogen-bond donors (Lipinski definition) is 1. The number of benzene rings is 2. The minimum atomic E-state index is -1.17. The predicted molar refractivity (Wildman–Crippen MR) is 99.5 cm³/mol. The third-order valence-electron chi connectivity index (χ3n) is 4.99. The van der Waals surface area contributed by atoms with Gasteiger partial charge >= 0.3 is 12.1 Å². The molecule has 3 rings (SSSR count). The van der Waals surface area contributed by atoms with Crippen molar-refractivity contribution in [3.8, 4) is 11.1 Å². The average Bonchev–Trinajstić information content (AvgIpc) is 3.00. The number of hydrogen-bond acceptors (Lipinski definition) is 3. The summed E-state index contributed by atoms with van der Waals surface area (Å²) in [6.45, 7) is -0.505. The van der Waals surface area contributed by atoms with Crippen LogP contribution in [0.25, 0.3) is 11.1 Å². The Labute approximate surface area is 157 Å². The second-order valence-electron chi connectivity index (χ2n) is 6.60. The number of carbonyl (C=O) groups excluding carboxylic acids is 1. The molecule has 1 atom stereocenters. The van der Waals surface area contributed by atoms with E-state index in [-0.39, 0.29) is 25.4 Å². The van der Waals surface area contributed by atoms with Gasteiger partial charge in [-0.3, -0.25) is 9.29 Å². The third-order valence-corrected chi connectivity index (χ3v) is 4.99. The minimum Gasteiger partial charge on any atom is -0.480 e. The fourth-order valence-electron chi connectivity index (χ4n) is 3.58. The van der Waals surface area contributed by atoms with Gasteiger partial charge in [-0.15, -0.1) is 0 Å². The van der Waals surface area contributed by atoms with Crippen LogP contribution in [0.1, 0.15) is 29.9 Å². The highest BCUT2D eigenvalue weighted by Gasteiger charge is 2.31. The van der Waals surface area contributed by atoms with Gasteiger partial charge in [0.2, 0.25) is 0 Å². The molecule has 0 heterocycles. The van der Waals surface area contributed by atoms with Gasteiger partial charge in [0.15, 0.2) is 0 Å². The SMILES string of the molecule is CN(C(=O)OCC1c2ccccc2-c2ccccc21)C(CCCF)C(=O)O. The lowest BCUT2D eigenvalue weighted by Gasteiger charge is -2.25. The topological polar surface area (TPSA) is 66.8 Å². The lowest BCUT2D eigenvalue weighted by molar-refractivity contribution is -0.142. The van der Waals surface area contributed by atoms with E-state index in [4.69, 9.17) is 4.74 Å². The van der Waals surface area contributed by atoms with Crippen molar-refractivity contribution >= 4 is 12.1 Å². The first kappa shape index (κ1) is 18.9. The molecule has 142 valence electrons. The highest BCUT2D eigenvalue weighted by Crippen LogP contribution is 2.44. The van der Waals surface area contributed by atoms with Crippen LogP contribution in [0.4, 0.5) is 9.18 Å². The molecule has 0 spiro atoms. The van der Waals surface area contributed by atoms with Crippen LogP contribution >= 0.6 is 0 Å². The van der Waals surface area contributed by atoms with Crippen molar-refractivity contribution in [2.45, 2.75) is 24.8 Å². The third kappa shape index (κ3) is 3.79. The first-order valence-corrected chi connectivity index (χ1v) is 8.91. The Morgan fingerprint density at radius 1 is 1.11 bits per heavy atom. The predicted octanol–water partition coefficient (Wildman–Crippen LogP) is 4.07. The lowest BCUT2D eigenvalue weighted by atomic mass is 9.98. The molecule has 0 saturated carbocycles. The maximum absolute atomic E-state index is 12.4. The van der Waals surface area contributed by atoms with Crippen LogP contribution < -0.4 is 0 Å². The number of halogens is 1. The molecular formula is C21H22FNO4. The molecule has 1 aliphatic carbocycles. The van der Waals surface area contributed by atoms with Gasteiger partial charge in [0, 0.05) is 13.0 Å². The van der Waals surface area contributed by atoms with Crippen LogP contribution in [0.2, 0.25) is 0 Å². The van der Waals surface area contributed by atoms with Crippen molar-refractivity contribution in [2.24, 2.45) is 0 Å². The van der Waals surface area contributed by atoms with Gasteiger partial charge in [-0.05, 0) is 35.1 Å². The summed E-state index contributed by atoms with van der Waals surface area (Å²) in [5.41, 5.74) is 4.41. The van der Waals surface area contributed by atoms with Crippen molar-refractivity contribution in [3.05, 3.63) is 59.7 Å². The average molecular weight is 371 g/mol. The van der Waals surface area contributed by atoms with E-state index in [1.54, 1.807) is 0 Å². The van der Waals surface area contributed by atoms with E-state index in [2.05, 4.69) is 0 Å². The molecule has 1 N–H and O–H groups in total. The van der Waals surface area contributed by atoms with Crippen molar-refractivity contribution < 1.29 is 23.8 Å². The number of carboxylic acids is 1. The molecule has 1 unspecified atom stereocenters. The number of rotatable bonds is 7. The summed E-state index contributed by atoms with van der Waals surface area (Å²) in [4.78, 5) is 24.8. The van der Waals surface area contributed by atoms with Gasteiger partial charge in [0.25, 0.3) is 0 Å². The summed E-state index contributed by atoms with van der Waals surface area (Å²) < 4.78 is 17.8. The molecule has 0 saturated heterocycles. The number of alkyl halides is 1. The van der Waals surface area contributed by atoms with E-state index in [9.17, 15) is 19.1 Å². The number of fused-ring (bicyclic) bond motifs is 3. The molecule has 0 radical (unpaired) electrons. The molecule has 27 heavy (non-hydrogen) atoms. The van der Waals surface area contributed by atoms with E-state index in [1.165, 1.54) is 7.05 Å². The van der Waals surface area contributed by atoms with Crippen molar-refractivity contribution in [1.29, 1.82) is 0 Å². The van der Waals surface area contributed by atoms with Crippen LogP contribution in [0.3, 0.4) is 0 Å². The first-order chi connectivity index (χ1) is 13.0. The first-order valence-electron chi connectivity index (χ1n) is 8.91. The van der Waals surface area contributed by atoms with Crippen LogP contribution in [0, 0.1) is 0 Å². The number of nitrogens with zero attached hydrogens (tertiary/aromatic N) is 1. The molecule has 0 bridgehead atoms. The summed E-state index contributed by atoms with van der Waals surface area (Å²) in [5, 5.41) is 9.29. The van der Waals surface area contributed by atoms with E-state index < -0.39 is 24.8 Å². The molecule has 1 amide bonds.